The minimum atomic E-state index is -0.158. The third-order valence-corrected chi connectivity index (χ3v) is 2.50. The van der Waals surface area contributed by atoms with Crippen LogP contribution in [0.2, 0.25) is 0 Å². The Labute approximate surface area is 103 Å². The van der Waals surface area contributed by atoms with Crippen molar-refractivity contribution in [2.45, 2.75) is 12.8 Å². The summed E-state index contributed by atoms with van der Waals surface area (Å²) in [4.78, 5) is 12.9. The molecule has 0 spiro atoms. The summed E-state index contributed by atoms with van der Waals surface area (Å²) >= 11 is 0. The van der Waals surface area contributed by atoms with Gasteiger partial charge in [-0.15, -0.1) is 0 Å². The van der Waals surface area contributed by atoms with Crippen molar-refractivity contribution in [1.82, 2.24) is 0 Å². The Hall–Kier alpha value is -1.71. The number of nitrogens with one attached hydrogen (secondary N) is 1. The molecule has 4 nitrogen and oxygen atoms in total. The largest absolute Gasteiger partial charge is 0.469 e. The van der Waals surface area contributed by atoms with Gasteiger partial charge in [0.05, 0.1) is 7.11 Å². The number of hydrogen-bond acceptors (Lipinski definition) is 4. The lowest BCUT2D eigenvalue weighted by molar-refractivity contribution is -0.140. The molecule has 0 radical (unpaired) electrons. The molecule has 1 aromatic rings. The Morgan fingerprint density at radius 3 is 2.47 bits per heavy atom. The molecule has 1 aromatic carbocycles. The number of carbonyl (C=O) groups is 1. The lowest BCUT2D eigenvalue weighted by Crippen LogP contribution is -2.09. The van der Waals surface area contributed by atoms with Crippen LogP contribution in [-0.2, 0) is 9.53 Å². The summed E-state index contributed by atoms with van der Waals surface area (Å²) in [5.41, 5.74) is 2.24. The van der Waals surface area contributed by atoms with E-state index in [1.165, 1.54) is 12.8 Å². The van der Waals surface area contributed by atoms with E-state index in [1.54, 1.807) is 0 Å². The van der Waals surface area contributed by atoms with Gasteiger partial charge < -0.3 is 15.0 Å². The molecule has 0 aliphatic carbocycles. The van der Waals surface area contributed by atoms with Crippen LogP contribution in [0.5, 0.6) is 0 Å². The number of benzene rings is 1. The van der Waals surface area contributed by atoms with E-state index in [1.807, 2.05) is 26.2 Å². The summed E-state index contributed by atoms with van der Waals surface area (Å²) in [5, 5.41) is 3.26. The van der Waals surface area contributed by atoms with Crippen LogP contribution < -0.4 is 10.2 Å². The zero-order valence-electron chi connectivity index (χ0n) is 10.7. The van der Waals surface area contributed by atoms with Crippen molar-refractivity contribution in [3.05, 3.63) is 24.3 Å². The first-order chi connectivity index (χ1) is 8.13. The second kappa shape index (κ2) is 6.78. The quantitative estimate of drug-likeness (QED) is 0.607. The molecular weight excluding hydrogens is 216 g/mol. The van der Waals surface area contributed by atoms with Gasteiger partial charge >= 0.3 is 5.97 Å². The first kappa shape index (κ1) is 13.4. The van der Waals surface area contributed by atoms with E-state index in [9.17, 15) is 4.79 Å². The molecule has 0 heterocycles. The fourth-order valence-electron chi connectivity index (χ4n) is 1.44. The number of ether oxygens (including phenoxy) is 1. The highest BCUT2D eigenvalue weighted by atomic mass is 16.5. The van der Waals surface area contributed by atoms with Gasteiger partial charge in [-0.2, -0.15) is 0 Å². The third kappa shape index (κ3) is 4.76. The average molecular weight is 236 g/mol. The number of rotatable bonds is 6. The Bertz CT molecular complexity index is 347. The highest BCUT2D eigenvalue weighted by molar-refractivity contribution is 5.69. The number of esters is 1. The van der Waals surface area contributed by atoms with Crippen molar-refractivity contribution >= 4 is 17.3 Å². The molecule has 17 heavy (non-hydrogen) atoms. The zero-order chi connectivity index (χ0) is 12.7. The van der Waals surface area contributed by atoms with E-state index < -0.39 is 0 Å². The number of hydrogen-bond donors (Lipinski definition) is 1. The number of anilines is 2. The van der Waals surface area contributed by atoms with Crippen LogP contribution in [0.1, 0.15) is 12.8 Å². The van der Waals surface area contributed by atoms with Gasteiger partial charge in [-0.25, -0.2) is 0 Å². The topological polar surface area (TPSA) is 41.6 Å². The van der Waals surface area contributed by atoms with Crippen LogP contribution in [0.4, 0.5) is 11.4 Å². The van der Waals surface area contributed by atoms with Crippen molar-refractivity contribution in [1.29, 1.82) is 0 Å². The van der Waals surface area contributed by atoms with E-state index in [4.69, 9.17) is 0 Å². The van der Waals surface area contributed by atoms with Crippen LogP contribution >= 0.6 is 0 Å². The van der Waals surface area contributed by atoms with Crippen molar-refractivity contribution < 1.29 is 9.53 Å². The minimum Gasteiger partial charge on any atom is -0.469 e. The molecule has 0 fully saturated rings. The first-order valence-electron chi connectivity index (χ1n) is 5.71. The molecule has 1 N–H and O–H groups in total. The number of methoxy groups -OCH3 is 1. The minimum absolute atomic E-state index is 0.158. The average Bonchev–Trinajstić information content (AvgIpc) is 2.34. The smallest absolute Gasteiger partial charge is 0.305 e. The number of nitrogens with zero attached hydrogens (tertiary/aromatic N) is 1. The Kier molecular flexibility index (Phi) is 5.33. The van der Waals surface area contributed by atoms with Gasteiger partial charge in [0.2, 0.25) is 0 Å². The molecule has 0 bridgehead atoms. The summed E-state index contributed by atoms with van der Waals surface area (Å²) in [6.45, 7) is 0.774. The van der Waals surface area contributed by atoms with Crippen LogP contribution in [0.25, 0.3) is 0 Å². The Balaban J connectivity index is 2.30. The van der Waals surface area contributed by atoms with E-state index in [0.29, 0.717) is 6.42 Å². The lowest BCUT2D eigenvalue weighted by Gasteiger charge is -2.13. The van der Waals surface area contributed by atoms with Gasteiger partial charge in [-0.05, 0) is 30.7 Å². The summed E-state index contributed by atoms with van der Waals surface area (Å²) in [6.07, 6.45) is 1.24. The standard InChI is InChI=1S/C13H20N2O2/c1-15(2)12-8-6-11(7-9-12)14-10-4-5-13(16)17-3/h6-9,14H,4-5,10H2,1-3H3. The summed E-state index contributed by atoms with van der Waals surface area (Å²) < 4.78 is 4.57. The third-order valence-electron chi connectivity index (χ3n) is 2.50. The highest BCUT2D eigenvalue weighted by Crippen LogP contribution is 2.15. The predicted octanol–water partition coefficient (Wildman–Crippen LogP) is 2.12. The van der Waals surface area contributed by atoms with Gasteiger partial charge in [0.1, 0.15) is 0 Å². The fraction of sp³-hybridized carbons (Fsp3) is 0.462. The normalized spacial score (nSPS) is 9.82. The maximum Gasteiger partial charge on any atom is 0.305 e. The molecule has 1 rings (SSSR count). The molecule has 0 saturated heterocycles. The summed E-state index contributed by atoms with van der Waals surface area (Å²) in [7, 11) is 5.44. The molecular formula is C13H20N2O2. The van der Waals surface area contributed by atoms with E-state index in [2.05, 4.69) is 27.1 Å². The molecule has 0 unspecified atom stereocenters. The molecule has 4 heteroatoms. The Morgan fingerprint density at radius 1 is 1.29 bits per heavy atom. The van der Waals surface area contributed by atoms with E-state index >= 15 is 0 Å². The van der Waals surface area contributed by atoms with Gasteiger partial charge in [-0.3, -0.25) is 4.79 Å². The van der Waals surface area contributed by atoms with Crippen LogP contribution in [-0.4, -0.2) is 33.7 Å². The second-order valence-corrected chi connectivity index (χ2v) is 4.05. The predicted molar refractivity (Wildman–Crippen MR) is 70.5 cm³/mol. The van der Waals surface area contributed by atoms with Crippen molar-refractivity contribution in [2.75, 3.05) is 38.0 Å². The molecule has 0 aromatic heterocycles. The number of carbonyl (C=O) groups excluding carboxylic acids is 1. The van der Waals surface area contributed by atoms with E-state index in [-0.39, 0.29) is 5.97 Å². The zero-order valence-corrected chi connectivity index (χ0v) is 10.7. The maximum atomic E-state index is 10.9. The van der Waals surface area contributed by atoms with Crippen molar-refractivity contribution in [2.24, 2.45) is 0 Å². The molecule has 0 aliphatic heterocycles. The Morgan fingerprint density at radius 2 is 1.94 bits per heavy atom. The van der Waals surface area contributed by atoms with Gasteiger partial charge in [-0.1, -0.05) is 0 Å². The molecule has 0 aliphatic rings. The van der Waals surface area contributed by atoms with Gasteiger partial charge in [0.15, 0.2) is 0 Å². The fourth-order valence-corrected chi connectivity index (χ4v) is 1.44. The SMILES string of the molecule is COC(=O)CCCNc1ccc(N(C)C)cc1. The molecule has 0 atom stereocenters. The van der Waals surface area contributed by atoms with Crippen LogP contribution in [0.3, 0.4) is 0 Å². The molecule has 0 saturated carbocycles. The van der Waals surface area contributed by atoms with E-state index in [0.717, 1.165) is 18.7 Å². The van der Waals surface area contributed by atoms with Crippen LogP contribution in [0, 0.1) is 0 Å². The molecule has 0 amide bonds. The van der Waals surface area contributed by atoms with Gasteiger partial charge in [0.25, 0.3) is 0 Å². The molecule has 94 valence electrons. The van der Waals surface area contributed by atoms with Crippen LogP contribution in [0.15, 0.2) is 24.3 Å². The summed E-state index contributed by atoms with van der Waals surface area (Å²) in [5.74, 6) is -0.158. The van der Waals surface area contributed by atoms with Crippen molar-refractivity contribution in [3.63, 3.8) is 0 Å². The lowest BCUT2D eigenvalue weighted by atomic mass is 10.2. The van der Waals surface area contributed by atoms with Crippen molar-refractivity contribution in [3.8, 4) is 0 Å². The van der Waals surface area contributed by atoms with Gasteiger partial charge in [0, 0.05) is 38.4 Å². The maximum absolute atomic E-state index is 10.9. The first-order valence-corrected chi connectivity index (χ1v) is 5.71. The monoisotopic (exact) mass is 236 g/mol. The summed E-state index contributed by atoms with van der Waals surface area (Å²) in [6, 6.07) is 8.19. The highest BCUT2D eigenvalue weighted by Gasteiger charge is 1.99. The second-order valence-electron chi connectivity index (χ2n) is 4.05.